The molecule has 1 unspecified atom stereocenters. The van der Waals surface area contributed by atoms with E-state index >= 15 is 0 Å². The summed E-state index contributed by atoms with van der Waals surface area (Å²) in [4.78, 5) is 22.0. The number of aliphatic hydroxyl groups excluding tert-OH is 1. The smallest absolute Gasteiger partial charge is 0.326 e. The van der Waals surface area contributed by atoms with Crippen LogP contribution in [0.2, 0.25) is 0 Å². The van der Waals surface area contributed by atoms with Gasteiger partial charge in [0.25, 0.3) is 0 Å². The molecule has 6 nitrogen and oxygen atoms in total. The molecule has 0 saturated carbocycles. The predicted octanol–water partition coefficient (Wildman–Crippen LogP) is -0.0646. The van der Waals surface area contributed by atoms with E-state index in [1.165, 1.54) is 6.92 Å². The van der Waals surface area contributed by atoms with Gasteiger partial charge in [0.15, 0.2) is 0 Å². The minimum atomic E-state index is -1.09. The molecule has 0 spiro atoms. The van der Waals surface area contributed by atoms with E-state index in [1.807, 2.05) is 0 Å². The molecule has 0 aliphatic carbocycles. The predicted molar refractivity (Wildman–Crippen MR) is 70.6 cm³/mol. The van der Waals surface area contributed by atoms with Gasteiger partial charge in [-0.1, -0.05) is 12.1 Å². The first kappa shape index (κ1) is 15.0. The van der Waals surface area contributed by atoms with Gasteiger partial charge >= 0.3 is 5.97 Å². The Morgan fingerprint density at radius 3 is 2.63 bits per heavy atom. The highest BCUT2D eigenvalue weighted by Gasteiger charge is 2.19. The maximum atomic E-state index is 11.0. The molecule has 1 aromatic rings. The quantitative estimate of drug-likeness (QED) is 0.539. The van der Waals surface area contributed by atoms with Crippen molar-refractivity contribution >= 4 is 17.6 Å². The number of benzene rings is 1. The lowest BCUT2D eigenvalue weighted by molar-refractivity contribution is -0.141. The molecule has 1 aromatic carbocycles. The molecule has 6 heteroatoms. The van der Waals surface area contributed by atoms with Crippen molar-refractivity contribution in [1.29, 1.82) is 0 Å². The van der Waals surface area contributed by atoms with Crippen molar-refractivity contribution < 1.29 is 19.8 Å². The topological polar surface area (TPSA) is 113 Å². The lowest BCUT2D eigenvalue weighted by Gasteiger charge is -2.14. The number of carbonyl (C=O) groups excluding carboxylic acids is 1. The lowest BCUT2D eigenvalue weighted by Crippen LogP contribution is -2.41. The van der Waals surface area contributed by atoms with Crippen molar-refractivity contribution in [1.82, 2.24) is 5.32 Å². The average molecular weight is 266 g/mol. The fourth-order valence-electron chi connectivity index (χ4n) is 1.80. The van der Waals surface area contributed by atoms with Crippen LogP contribution < -0.4 is 11.1 Å². The number of carboxylic acid groups (broad SMARTS) is 1. The van der Waals surface area contributed by atoms with E-state index in [1.54, 1.807) is 18.2 Å². The summed E-state index contributed by atoms with van der Waals surface area (Å²) in [5.41, 5.74) is 7.83. The Labute approximate surface area is 111 Å². The van der Waals surface area contributed by atoms with E-state index in [0.29, 0.717) is 12.1 Å². The number of nitrogen functional groups attached to an aromatic ring is 1. The molecule has 1 rings (SSSR count). The number of aliphatic hydroxyl groups is 1. The van der Waals surface area contributed by atoms with Crippen LogP contribution in [0.1, 0.15) is 18.1 Å². The Morgan fingerprint density at radius 1 is 1.42 bits per heavy atom. The molecule has 0 radical (unpaired) electrons. The highest BCUT2D eigenvalue weighted by molar-refractivity contribution is 5.82. The largest absolute Gasteiger partial charge is 0.480 e. The highest BCUT2D eigenvalue weighted by Crippen LogP contribution is 2.16. The zero-order valence-electron chi connectivity index (χ0n) is 10.7. The van der Waals surface area contributed by atoms with Gasteiger partial charge in [-0.25, -0.2) is 4.79 Å². The van der Waals surface area contributed by atoms with E-state index in [2.05, 4.69) is 5.32 Å². The van der Waals surface area contributed by atoms with Crippen molar-refractivity contribution in [3.05, 3.63) is 29.3 Å². The number of amides is 1. The SMILES string of the molecule is CC(=O)NC(Cc1ccc(N)c(CCO)c1)C(=O)O. The monoisotopic (exact) mass is 266 g/mol. The maximum absolute atomic E-state index is 11.0. The second kappa shape index (κ2) is 6.75. The van der Waals surface area contributed by atoms with Crippen molar-refractivity contribution in [3.63, 3.8) is 0 Å². The standard InChI is InChI=1S/C13H18N2O4/c1-8(17)15-12(13(18)19)7-9-2-3-11(14)10(6-9)4-5-16/h2-3,6,12,16H,4-5,7,14H2,1H3,(H,15,17)(H,18,19). The first-order chi connectivity index (χ1) is 8.93. The molecule has 0 aromatic heterocycles. The zero-order valence-corrected chi connectivity index (χ0v) is 10.7. The van der Waals surface area contributed by atoms with Crippen LogP contribution in [0.25, 0.3) is 0 Å². The first-order valence-corrected chi connectivity index (χ1v) is 5.92. The number of hydrogen-bond donors (Lipinski definition) is 4. The highest BCUT2D eigenvalue weighted by atomic mass is 16.4. The molecule has 5 N–H and O–H groups in total. The van der Waals surface area contributed by atoms with Gasteiger partial charge in [-0.15, -0.1) is 0 Å². The van der Waals surface area contributed by atoms with E-state index in [-0.39, 0.29) is 13.0 Å². The normalized spacial score (nSPS) is 11.9. The van der Waals surface area contributed by atoms with Gasteiger partial charge in [0, 0.05) is 25.6 Å². The third-order valence-corrected chi connectivity index (χ3v) is 2.70. The van der Waals surface area contributed by atoms with Crippen molar-refractivity contribution in [2.75, 3.05) is 12.3 Å². The molecule has 0 heterocycles. The Balaban J connectivity index is 2.87. The zero-order chi connectivity index (χ0) is 14.4. The molecule has 1 amide bonds. The fraction of sp³-hybridized carbons (Fsp3) is 0.385. The fourth-order valence-corrected chi connectivity index (χ4v) is 1.80. The number of nitrogens with two attached hydrogens (primary N) is 1. The summed E-state index contributed by atoms with van der Waals surface area (Å²) in [7, 11) is 0. The summed E-state index contributed by atoms with van der Waals surface area (Å²) in [6.07, 6.45) is 0.588. The molecular weight excluding hydrogens is 248 g/mol. The number of carboxylic acids is 1. The summed E-state index contributed by atoms with van der Waals surface area (Å²) in [6.45, 7) is 1.25. The number of anilines is 1. The Morgan fingerprint density at radius 2 is 2.11 bits per heavy atom. The van der Waals surface area contributed by atoms with Crippen LogP contribution in [0.4, 0.5) is 5.69 Å². The van der Waals surface area contributed by atoms with E-state index in [0.717, 1.165) is 11.1 Å². The summed E-state index contributed by atoms with van der Waals surface area (Å²) >= 11 is 0. The summed E-state index contributed by atoms with van der Waals surface area (Å²) in [5.74, 6) is -1.48. The van der Waals surface area contributed by atoms with Gasteiger partial charge in [-0.3, -0.25) is 4.79 Å². The van der Waals surface area contributed by atoms with Gasteiger partial charge in [-0.2, -0.15) is 0 Å². The number of aliphatic carboxylic acids is 1. The van der Waals surface area contributed by atoms with E-state index < -0.39 is 17.9 Å². The van der Waals surface area contributed by atoms with Crippen LogP contribution >= 0.6 is 0 Å². The van der Waals surface area contributed by atoms with Crippen LogP contribution in [0.5, 0.6) is 0 Å². The molecule has 0 saturated heterocycles. The van der Waals surface area contributed by atoms with Crippen molar-refractivity contribution in [3.8, 4) is 0 Å². The number of nitrogens with one attached hydrogen (secondary N) is 1. The van der Waals surface area contributed by atoms with E-state index in [9.17, 15) is 9.59 Å². The third-order valence-electron chi connectivity index (χ3n) is 2.70. The summed E-state index contributed by atoms with van der Waals surface area (Å²) in [5, 5.41) is 20.3. The van der Waals surface area contributed by atoms with Gasteiger partial charge in [-0.05, 0) is 23.6 Å². The van der Waals surface area contributed by atoms with Gasteiger partial charge in [0.05, 0.1) is 0 Å². The molecule has 0 bridgehead atoms. The average Bonchev–Trinajstić information content (AvgIpc) is 2.32. The molecule has 19 heavy (non-hydrogen) atoms. The number of rotatable bonds is 6. The van der Waals surface area contributed by atoms with Crippen LogP contribution in [0.15, 0.2) is 18.2 Å². The van der Waals surface area contributed by atoms with Crippen LogP contribution in [0, 0.1) is 0 Å². The van der Waals surface area contributed by atoms with Gasteiger partial charge < -0.3 is 21.3 Å². The van der Waals surface area contributed by atoms with Gasteiger partial charge in [0.2, 0.25) is 5.91 Å². The summed E-state index contributed by atoms with van der Waals surface area (Å²) in [6, 6.07) is 4.17. The molecule has 0 fully saturated rings. The molecule has 1 atom stereocenters. The van der Waals surface area contributed by atoms with Gasteiger partial charge in [0.1, 0.15) is 6.04 Å². The van der Waals surface area contributed by atoms with Crippen molar-refractivity contribution in [2.45, 2.75) is 25.8 Å². The van der Waals surface area contributed by atoms with Crippen molar-refractivity contribution in [2.24, 2.45) is 0 Å². The Hall–Kier alpha value is -2.08. The molecule has 0 aliphatic heterocycles. The lowest BCUT2D eigenvalue weighted by atomic mass is 10.0. The molecule has 104 valence electrons. The van der Waals surface area contributed by atoms with Crippen LogP contribution in [-0.2, 0) is 22.4 Å². The Kier molecular flexibility index (Phi) is 5.32. The minimum absolute atomic E-state index is 0.0261. The molecular formula is C13H18N2O4. The number of hydrogen-bond acceptors (Lipinski definition) is 4. The second-order valence-corrected chi connectivity index (χ2v) is 4.30. The first-order valence-electron chi connectivity index (χ1n) is 5.92. The maximum Gasteiger partial charge on any atom is 0.326 e. The van der Waals surface area contributed by atoms with Crippen LogP contribution in [0.3, 0.4) is 0 Å². The summed E-state index contributed by atoms with van der Waals surface area (Å²) < 4.78 is 0. The van der Waals surface area contributed by atoms with E-state index in [4.69, 9.17) is 15.9 Å². The molecule has 0 aliphatic rings. The number of carbonyl (C=O) groups is 2. The second-order valence-electron chi connectivity index (χ2n) is 4.30. The third kappa shape index (κ3) is 4.59. The van der Waals surface area contributed by atoms with Crippen LogP contribution in [-0.4, -0.2) is 34.7 Å². The Bertz CT molecular complexity index is 474. The minimum Gasteiger partial charge on any atom is -0.480 e.